The van der Waals surface area contributed by atoms with E-state index >= 15 is 0 Å². The third-order valence-corrected chi connectivity index (χ3v) is 3.59. The third-order valence-electron chi connectivity index (χ3n) is 3.59. The summed E-state index contributed by atoms with van der Waals surface area (Å²) in [6, 6.07) is 7.22. The fraction of sp³-hybridized carbons (Fsp3) is 0.625. The van der Waals surface area contributed by atoms with Gasteiger partial charge in [-0.2, -0.15) is 0 Å². The molecule has 1 aromatic rings. The van der Waals surface area contributed by atoms with Gasteiger partial charge >= 0.3 is 0 Å². The Morgan fingerprint density at radius 1 is 1.22 bits per heavy atom. The van der Waals surface area contributed by atoms with Gasteiger partial charge in [-0.25, -0.2) is 0 Å². The van der Waals surface area contributed by atoms with E-state index in [0.717, 1.165) is 18.0 Å². The van der Waals surface area contributed by atoms with E-state index in [0.29, 0.717) is 5.75 Å². The van der Waals surface area contributed by atoms with E-state index in [4.69, 9.17) is 5.11 Å². The van der Waals surface area contributed by atoms with Crippen LogP contribution in [0.4, 0.5) is 0 Å². The Kier molecular flexibility index (Phi) is 7.51. The van der Waals surface area contributed by atoms with Crippen LogP contribution < -0.4 is 5.32 Å². The monoisotopic (exact) mass is 249 g/mol. The number of aromatic hydroxyl groups is 1. The largest absolute Gasteiger partial charge is 0.508 e. The quantitative estimate of drug-likeness (QED) is 0.845. The summed E-state index contributed by atoms with van der Waals surface area (Å²) in [5.74, 6) is 1.41. The molecule has 0 bridgehead atoms. The fourth-order valence-electron chi connectivity index (χ4n) is 2.47. The number of benzene rings is 1. The van der Waals surface area contributed by atoms with Crippen LogP contribution in [0.1, 0.15) is 51.0 Å². The zero-order chi connectivity index (χ0) is 13.2. The number of hydrogen-bond acceptors (Lipinski definition) is 2. The molecule has 0 unspecified atom stereocenters. The molecule has 1 aliphatic rings. The summed E-state index contributed by atoms with van der Waals surface area (Å²) in [5, 5.41) is 12.0. The summed E-state index contributed by atoms with van der Waals surface area (Å²) in [6.07, 6.45) is 8.93. The van der Waals surface area contributed by atoms with E-state index in [1.807, 2.05) is 19.2 Å². The molecular weight excluding hydrogens is 222 g/mol. The van der Waals surface area contributed by atoms with E-state index in [1.54, 1.807) is 12.1 Å². The van der Waals surface area contributed by atoms with E-state index < -0.39 is 0 Å². The van der Waals surface area contributed by atoms with Crippen molar-refractivity contribution in [2.75, 3.05) is 7.05 Å². The van der Waals surface area contributed by atoms with Gasteiger partial charge in [-0.1, -0.05) is 57.6 Å². The molecule has 0 radical (unpaired) electrons. The van der Waals surface area contributed by atoms with Gasteiger partial charge in [-0.05, 0) is 30.7 Å². The first-order chi connectivity index (χ1) is 8.76. The Bertz CT molecular complexity index is 319. The number of phenols is 1. The first-order valence-electron chi connectivity index (χ1n) is 7.18. The Hall–Kier alpha value is -1.02. The molecule has 0 atom stereocenters. The van der Waals surface area contributed by atoms with Gasteiger partial charge in [0.15, 0.2) is 0 Å². The molecule has 0 saturated heterocycles. The van der Waals surface area contributed by atoms with Crippen LogP contribution in [0.15, 0.2) is 24.3 Å². The molecule has 0 spiro atoms. The van der Waals surface area contributed by atoms with Crippen molar-refractivity contribution in [2.45, 2.75) is 52.0 Å². The lowest BCUT2D eigenvalue weighted by Gasteiger charge is -2.18. The molecular formula is C16H27NO. The number of nitrogens with one attached hydrogen (secondary N) is 1. The second-order valence-corrected chi connectivity index (χ2v) is 5.11. The first kappa shape index (κ1) is 15.0. The molecule has 0 aliphatic heterocycles. The highest BCUT2D eigenvalue weighted by Crippen LogP contribution is 2.25. The molecule has 1 saturated carbocycles. The van der Waals surface area contributed by atoms with Crippen LogP contribution >= 0.6 is 0 Å². The van der Waals surface area contributed by atoms with Crippen molar-refractivity contribution in [1.82, 2.24) is 5.32 Å². The molecule has 0 amide bonds. The second-order valence-electron chi connectivity index (χ2n) is 5.11. The molecule has 2 heteroatoms. The molecule has 1 aromatic carbocycles. The van der Waals surface area contributed by atoms with E-state index in [2.05, 4.69) is 12.2 Å². The average molecular weight is 249 g/mol. The SMILES string of the molecule is CCC1CCCCC1.CNCc1cccc(O)c1. The molecule has 102 valence electrons. The maximum atomic E-state index is 9.01. The average Bonchev–Trinajstić information content (AvgIpc) is 2.41. The molecule has 2 nitrogen and oxygen atoms in total. The Balaban J connectivity index is 0.000000184. The van der Waals surface area contributed by atoms with Crippen LogP contribution in [0.25, 0.3) is 0 Å². The number of phenolic OH excluding ortho intramolecular Hbond substituents is 1. The van der Waals surface area contributed by atoms with Crippen LogP contribution in [-0.4, -0.2) is 12.2 Å². The first-order valence-corrected chi connectivity index (χ1v) is 7.18. The van der Waals surface area contributed by atoms with Crippen molar-refractivity contribution in [1.29, 1.82) is 0 Å². The van der Waals surface area contributed by atoms with E-state index in [-0.39, 0.29) is 0 Å². The van der Waals surface area contributed by atoms with Gasteiger partial charge in [0.25, 0.3) is 0 Å². The highest BCUT2D eigenvalue weighted by molar-refractivity contribution is 5.26. The molecule has 1 aliphatic carbocycles. The summed E-state index contributed by atoms with van der Waals surface area (Å²) in [4.78, 5) is 0. The lowest BCUT2D eigenvalue weighted by Crippen LogP contribution is -2.04. The predicted molar refractivity (Wildman–Crippen MR) is 77.7 cm³/mol. The standard InChI is InChI=1S/C8H11NO.C8H16/c1-9-6-7-3-2-4-8(10)5-7;1-2-8-6-4-3-5-7-8/h2-5,9-10H,6H2,1H3;8H,2-7H2,1H3. The minimum absolute atomic E-state index is 0.327. The minimum atomic E-state index is 0.327. The van der Waals surface area contributed by atoms with E-state index in [1.165, 1.54) is 38.5 Å². The van der Waals surface area contributed by atoms with Crippen molar-refractivity contribution in [3.63, 3.8) is 0 Å². The minimum Gasteiger partial charge on any atom is -0.508 e. The van der Waals surface area contributed by atoms with Crippen molar-refractivity contribution in [3.8, 4) is 5.75 Å². The molecule has 0 heterocycles. The molecule has 2 N–H and O–H groups in total. The van der Waals surface area contributed by atoms with Crippen LogP contribution in [0.5, 0.6) is 5.75 Å². The smallest absolute Gasteiger partial charge is 0.115 e. The van der Waals surface area contributed by atoms with Crippen LogP contribution in [0, 0.1) is 5.92 Å². The van der Waals surface area contributed by atoms with E-state index in [9.17, 15) is 0 Å². The van der Waals surface area contributed by atoms with Crippen molar-refractivity contribution < 1.29 is 5.11 Å². The Morgan fingerprint density at radius 3 is 2.44 bits per heavy atom. The van der Waals surface area contributed by atoms with Gasteiger partial charge in [0.2, 0.25) is 0 Å². The summed E-state index contributed by atoms with van der Waals surface area (Å²) in [6.45, 7) is 3.12. The zero-order valence-electron chi connectivity index (χ0n) is 11.8. The maximum absolute atomic E-state index is 9.01. The van der Waals surface area contributed by atoms with Gasteiger partial charge in [0, 0.05) is 6.54 Å². The zero-order valence-corrected chi connectivity index (χ0v) is 11.8. The fourth-order valence-corrected chi connectivity index (χ4v) is 2.47. The molecule has 1 fully saturated rings. The van der Waals surface area contributed by atoms with Gasteiger partial charge in [-0.15, -0.1) is 0 Å². The highest BCUT2D eigenvalue weighted by Gasteiger charge is 2.09. The lowest BCUT2D eigenvalue weighted by molar-refractivity contribution is 0.349. The normalized spacial score (nSPS) is 15.9. The third kappa shape index (κ3) is 6.06. The number of rotatable bonds is 3. The summed E-state index contributed by atoms with van der Waals surface area (Å²) in [7, 11) is 1.88. The number of hydrogen-bond donors (Lipinski definition) is 2. The lowest BCUT2D eigenvalue weighted by atomic mass is 9.88. The van der Waals surface area contributed by atoms with Crippen LogP contribution in [0.2, 0.25) is 0 Å². The molecule has 18 heavy (non-hydrogen) atoms. The second kappa shape index (κ2) is 8.98. The van der Waals surface area contributed by atoms with Gasteiger partial charge in [0.1, 0.15) is 5.75 Å². The van der Waals surface area contributed by atoms with Crippen molar-refractivity contribution in [2.24, 2.45) is 5.92 Å². The van der Waals surface area contributed by atoms with Crippen molar-refractivity contribution in [3.05, 3.63) is 29.8 Å². The van der Waals surface area contributed by atoms with Crippen LogP contribution in [-0.2, 0) is 6.54 Å². The van der Waals surface area contributed by atoms with Gasteiger partial charge in [0.05, 0.1) is 0 Å². The Labute approximate surface area is 111 Å². The summed E-state index contributed by atoms with van der Waals surface area (Å²) in [5.41, 5.74) is 1.10. The van der Waals surface area contributed by atoms with Crippen molar-refractivity contribution >= 4 is 0 Å². The molecule has 0 aromatic heterocycles. The van der Waals surface area contributed by atoms with Crippen LogP contribution in [0.3, 0.4) is 0 Å². The highest BCUT2D eigenvalue weighted by atomic mass is 16.3. The predicted octanol–water partition coefficient (Wildman–Crippen LogP) is 4.09. The summed E-state index contributed by atoms with van der Waals surface area (Å²) < 4.78 is 0. The Morgan fingerprint density at radius 2 is 1.94 bits per heavy atom. The van der Waals surface area contributed by atoms with Gasteiger partial charge < -0.3 is 10.4 Å². The summed E-state index contributed by atoms with van der Waals surface area (Å²) >= 11 is 0. The maximum Gasteiger partial charge on any atom is 0.115 e. The molecule has 2 rings (SSSR count). The van der Waals surface area contributed by atoms with Gasteiger partial charge in [-0.3, -0.25) is 0 Å². The topological polar surface area (TPSA) is 32.3 Å².